The van der Waals surface area contributed by atoms with E-state index in [4.69, 9.17) is 0 Å². The first-order chi connectivity index (χ1) is 10.3. The minimum absolute atomic E-state index is 0.741. The number of rotatable bonds is 2. The Kier molecular flexibility index (Phi) is 5.61. The van der Waals surface area contributed by atoms with Gasteiger partial charge in [-0.1, -0.05) is 44.9 Å². The third-order valence-electron chi connectivity index (χ3n) is 6.84. The molecule has 3 fully saturated rings. The van der Waals surface area contributed by atoms with Crippen LogP contribution in [-0.4, -0.2) is 37.1 Å². The molecule has 0 amide bonds. The molecule has 0 radical (unpaired) electrons. The fourth-order valence-corrected chi connectivity index (χ4v) is 5.37. The summed E-state index contributed by atoms with van der Waals surface area (Å²) in [7, 11) is 2.19. The van der Waals surface area contributed by atoms with Crippen molar-refractivity contribution in [3.63, 3.8) is 0 Å². The largest absolute Gasteiger partial charge is 0.315 e. The summed E-state index contributed by atoms with van der Waals surface area (Å²) in [6, 6.07) is 1.56. The summed E-state index contributed by atoms with van der Waals surface area (Å²) < 4.78 is 0. The van der Waals surface area contributed by atoms with Crippen LogP contribution in [0.1, 0.15) is 83.5 Å². The summed E-state index contributed by atoms with van der Waals surface area (Å²) in [5.74, 6) is 0. The van der Waals surface area contributed by atoms with E-state index in [2.05, 4.69) is 17.3 Å². The molecule has 2 aliphatic carbocycles. The fraction of sp³-hybridized carbons (Fsp3) is 1.00. The smallest absolute Gasteiger partial charge is 0.0249 e. The van der Waals surface area contributed by atoms with Crippen molar-refractivity contribution < 1.29 is 0 Å². The van der Waals surface area contributed by atoms with E-state index in [9.17, 15) is 0 Å². The van der Waals surface area contributed by atoms with Crippen LogP contribution < -0.4 is 5.32 Å². The Balaban J connectivity index is 1.58. The third-order valence-corrected chi connectivity index (χ3v) is 6.84. The Hall–Kier alpha value is -0.0800. The van der Waals surface area contributed by atoms with Gasteiger partial charge in [-0.15, -0.1) is 0 Å². The Bertz CT molecular complexity index is 299. The summed E-state index contributed by atoms with van der Waals surface area (Å²) in [6.07, 6.45) is 19.1. The maximum Gasteiger partial charge on any atom is 0.0249 e. The molecule has 1 spiro atoms. The van der Waals surface area contributed by atoms with Crippen LogP contribution in [0.15, 0.2) is 0 Å². The minimum atomic E-state index is 0.741. The fourth-order valence-electron chi connectivity index (χ4n) is 5.37. The molecule has 2 atom stereocenters. The molecule has 0 aromatic carbocycles. The van der Waals surface area contributed by atoms with Crippen molar-refractivity contribution >= 4 is 0 Å². The second-order valence-corrected chi connectivity index (χ2v) is 8.05. The van der Waals surface area contributed by atoms with Gasteiger partial charge in [-0.05, 0) is 64.1 Å². The molecular formula is C19H36N2. The van der Waals surface area contributed by atoms with E-state index < -0.39 is 0 Å². The van der Waals surface area contributed by atoms with Crippen molar-refractivity contribution in [2.45, 2.75) is 95.6 Å². The standard InChI is InChI=1S/C19H36N2/c1-20-17-9-5-2-3-6-10-18(17)21-15-13-19(14-16-21)11-7-4-8-12-19/h17-18,20H,2-16H2,1H3. The second-order valence-electron chi connectivity index (χ2n) is 8.05. The first kappa shape index (κ1) is 15.8. The average Bonchev–Trinajstić information content (AvgIpc) is 2.50. The van der Waals surface area contributed by atoms with Gasteiger partial charge in [0.2, 0.25) is 0 Å². The van der Waals surface area contributed by atoms with Crippen molar-refractivity contribution in [2.24, 2.45) is 5.41 Å². The lowest BCUT2D eigenvalue weighted by Crippen LogP contribution is -2.53. The Morgan fingerprint density at radius 1 is 0.762 bits per heavy atom. The zero-order valence-electron chi connectivity index (χ0n) is 14.2. The minimum Gasteiger partial charge on any atom is -0.315 e. The summed E-state index contributed by atoms with van der Waals surface area (Å²) in [5, 5.41) is 3.65. The highest BCUT2D eigenvalue weighted by molar-refractivity contribution is 4.93. The number of likely N-dealkylation sites (tertiary alicyclic amines) is 1. The monoisotopic (exact) mass is 292 g/mol. The van der Waals surface area contributed by atoms with E-state index in [1.165, 1.54) is 96.6 Å². The third kappa shape index (κ3) is 3.82. The van der Waals surface area contributed by atoms with Gasteiger partial charge in [-0.2, -0.15) is 0 Å². The second kappa shape index (κ2) is 7.46. The molecule has 1 aliphatic heterocycles. The SMILES string of the molecule is CNC1CCCCCCC1N1CCC2(CCCCC2)CC1. The van der Waals surface area contributed by atoms with Crippen molar-refractivity contribution in [1.82, 2.24) is 10.2 Å². The van der Waals surface area contributed by atoms with Gasteiger partial charge in [0.05, 0.1) is 0 Å². The molecule has 2 unspecified atom stereocenters. The molecular weight excluding hydrogens is 256 g/mol. The quantitative estimate of drug-likeness (QED) is 0.814. The van der Waals surface area contributed by atoms with E-state index in [-0.39, 0.29) is 0 Å². The number of hydrogen-bond acceptors (Lipinski definition) is 2. The van der Waals surface area contributed by atoms with Crippen molar-refractivity contribution in [1.29, 1.82) is 0 Å². The lowest BCUT2D eigenvalue weighted by atomic mass is 9.68. The molecule has 2 saturated carbocycles. The molecule has 1 N–H and O–H groups in total. The van der Waals surface area contributed by atoms with Gasteiger partial charge in [0.15, 0.2) is 0 Å². The molecule has 2 heteroatoms. The van der Waals surface area contributed by atoms with Crippen LogP contribution in [0.25, 0.3) is 0 Å². The molecule has 0 aromatic rings. The Labute approximate surface area is 132 Å². The zero-order valence-corrected chi connectivity index (χ0v) is 14.2. The Morgan fingerprint density at radius 3 is 2.05 bits per heavy atom. The van der Waals surface area contributed by atoms with Crippen LogP contribution in [0.4, 0.5) is 0 Å². The van der Waals surface area contributed by atoms with Crippen LogP contribution in [0.3, 0.4) is 0 Å². The van der Waals surface area contributed by atoms with Gasteiger partial charge < -0.3 is 5.32 Å². The van der Waals surface area contributed by atoms with Gasteiger partial charge in [0.25, 0.3) is 0 Å². The van der Waals surface area contributed by atoms with Crippen molar-refractivity contribution in [2.75, 3.05) is 20.1 Å². The van der Waals surface area contributed by atoms with Crippen LogP contribution in [0, 0.1) is 5.41 Å². The van der Waals surface area contributed by atoms with Crippen LogP contribution in [-0.2, 0) is 0 Å². The van der Waals surface area contributed by atoms with Crippen molar-refractivity contribution in [3.8, 4) is 0 Å². The van der Waals surface area contributed by atoms with Gasteiger partial charge in [-0.25, -0.2) is 0 Å². The van der Waals surface area contributed by atoms with E-state index in [0.29, 0.717) is 0 Å². The number of hydrogen-bond donors (Lipinski definition) is 1. The normalized spacial score (nSPS) is 35.3. The lowest BCUT2D eigenvalue weighted by Gasteiger charge is -2.48. The molecule has 122 valence electrons. The van der Waals surface area contributed by atoms with E-state index in [0.717, 1.165) is 17.5 Å². The highest BCUT2D eigenvalue weighted by Gasteiger charge is 2.38. The molecule has 0 aromatic heterocycles. The lowest BCUT2D eigenvalue weighted by molar-refractivity contribution is 0.0293. The van der Waals surface area contributed by atoms with Crippen LogP contribution in [0.5, 0.6) is 0 Å². The highest BCUT2D eigenvalue weighted by atomic mass is 15.2. The molecule has 21 heavy (non-hydrogen) atoms. The predicted molar refractivity (Wildman–Crippen MR) is 90.7 cm³/mol. The number of piperidine rings is 1. The number of nitrogens with one attached hydrogen (secondary N) is 1. The molecule has 2 nitrogen and oxygen atoms in total. The molecule has 1 heterocycles. The van der Waals surface area contributed by atoms with Gasteiger partial charge in [0, 0.05) is 12.1 Å². The topological polar surface area (TPSA) is 15.3 Å². The maximum absolute atomic E-state index is 3.65. The number of nitrogens with zero attached hydrogens (tertiary/aromatic N) is 1. The summed E-state index contributed by atoms with van der Waals surface area (Å²) in [5.41, 5.74) is 0.755. The summed E-state index contributed by atoms with van der Waals surface area (Å²) in [4.78, 5) is 2.87. The summed E-state index contributed by atoms with van der Waals surface area (Å²) >= 11 is 0. The highest BCUT2D eigenvalue weighted by Crippen LogP contribution is 2.45. The zero-order chi connectivity index (χ0) is 14.5. The van der Waals surface area contributed by atoms with Crippen molar-refractivity contribution in [3.05, 3.63) is 0 Å². The maximum atomic E-state index is 3.65. The summed E-state index contributed by atoms with van der Waals surface area (Å²) in [6.45, 7) is 2.76. The predicted octanol–water partition coefficient (Wildman–Crippen LogP) is 4.34. The van der Waals surface area contributed by atoms with E-state index in [1.54, 1.807) is 0 Å². The van der Waals surface area contributed by atoms with Gasteiger partial charge in [0.1, 0.15) is 0 Å². The molecule has 1 saturated heterocycles. The van der Waals surface area contributed by atoms with Crippen LogP contribution >= 0.6 is 0 Å². The van der Waals surface area contributed by atoms with Gasteiger partial charge in [-0.3, -0.25) is 4.90 Å². The van der Waals surface area contributed by atoms with Crippen LogP contribution in [0.2, 0.25) is 0 Å². The molecule has 3 aliphatic rings. The first-order valence-electron chi connectivity index (χ1n) is 9.74. The average molecular weight is 293 g/mol. The molecule has 3 rings (SSSR count). The molecule has 0 bridgehead atoms. The first-order valence-corrected chi connectivity index (χ1v) is 9.74. The number of likely N-dealkylation sites (N-methyl/N-ethyl adjacent to an activating group) is 1. The van der Waals surface area contributed by atoms with Gasteiger partial charge >= 0.3 is 0 Å². The van der Waals surface area contributed by atoms with E-state index >= 15 is 0 Å². The van der Waals surface area contributed by atoms with E-state index in [1.807, 2.05) is 0 Å². The Morgan fingerprint density at radius 2 is 1.38 bits per heavy atom.